The highest BCUT2D eigenvalue weighted by atomic mass is 32.1. The van der Waals surface area contributed by atoms with Crippen molar-refractivity contribution in [2.75, 3.05) is 27.2 Å². The van der Waals surface area contributed by atoms with Crippen LogP contribution in [-0.2, 0) is 0 Å². The van der Waals surface area contributed by atoms with Gasteiger partial charge in [0.25, 0.3) is 5.91 Å². The standard InChI is InChI=1S/C16H17N3OS2/c1-17-9-10-19(2)16(20)14-8-7-13(21-14)15-18-11-5-3-4-6-12(11)22-15/h3-8,17H,9-10H2,1-2H3. The number of aromatic nitrogens is 1. The molecule has 0 atom stereocenters. The van der Waals surface area contributed by atoms with Crippen molar-refractivity contribution in [2.45, 2.75) is 0 Å². The summed E-state index contributed by atoms with van der Waals surface area (Å²) in [5, 5.41) is 4.03. The normalized spacial score (nSPS) is 11.0. The van der Waals surface area contributed by atoms with Crippen LogP contribution in [0.5, 0.6) is 0 Å². The largest absolute Gasteiger partial charge is 0.340 e. The molecule has 0 aliphatic carbocycles. The van der Waals surface area contributed by atoms with E-state index in [9.17, 15) is 4.79 Å². The van der Waals surface area contributed by atoms with Gasteiger partial charge in [0, 0.05) is 20.1 Å². The van der Waals surface area contributed by atoms with E-state index in [0.29, 0.717) is 6.54 Å². The van der Waals surface area contributed by atoms with Gasteiger partial charge in [0.15, 0.2) is 0 Å². The second-order valence-electron chi connectivity index (χ2n) is 4.98. The molecule has 1 amide bonds. The smallest absolute Gasteiger partial charge is 0.263 e. The summed E-state index contributed by atoms with van der Waals surface area (Å²) >= 11 is 3.17. The lowest BCUT2D eigenvalue weighted by Crippen LogP contribution is -2.32. The number of amides is 1. The molecule has 1 aromatic carbocycles. The maximum absolute atomic E-state index is 12.4. The van der Waals surface area contributed by atoms with Crippen LogP contribution in [0.3, 0.4) is 0 Å². The lowest BCUT2D eigenvalue weighted by molar-refractivity contribution is 0.0801. The molecule has 114 valence electrons. The fourth-order valence-corrected chi connectivity index (χ4v) is 4.14. The van der Waals surface area contributed by atoms with Crippen LogP contribution in [0.15, 0.2) is 36.4 Å². The molecule has 0 bridgehead atoms. The lowest BCUT2D eigenvalue weighted by atomic mass is 10.3. The van der Waals surface area contributed by atoms with Crippen LogP contribution in [0.4, 0.5) is 0 Å². The maximum atomic E-state index is 12.4. The van der Waals surface area contributed by atoms with E-state index in [1.54, 1.807) is 16.2 Å². The Labute approximate surface area is 137 Å². The van der Waals surface area contributed by atoms with Crippen molar-refractivity contribution in [3.8, 4) is 9.88 Å². The summed E-state index contributed by atoms with van der Waals surface area (Å²) in [6.45, 7) is 1.49. The molecule has 0 aliphatic heterocycles. The van der Waals surface area contributed by atoms with Gasteiger partial charge in [-0.25, -0.2) is 4.98 Å². The van der Waals surface area contributed by atoms with Gasteiger partial charge in [-0.2, -0.15) is 0 Å². The molecule has 0 spiro atoms. The zero-order chi connectivity index (χ0) is 15.5. The van der Waals surface area contributed by atoms with Crippen LogP contribution >= 0.6 is 22.7 Å². The van der Waals surface area contributed by atoms with E-state index < -0.39 is 0 Å². The number of likely N-dealkylation sites (N-methyl/N-ethyl adjacent to an activating group) is 2. The molecular weight excluding hydrogens is 314 g/mol. The number of rotatable bonds is 5. The number of nitrogens with one attached hydrogen (secondary N) is 1. The molecule has 6 heteroatoms. The average molecular weight is 331 g/mol. The Morgan fingerprint density at radius 3 is 2.82 bits per heavy atom. The highest BCUT2D eigenvalue weighted by Crippen LogP contribution is 2.34. The number of thiophene rings is 1. The SMILES string of the molecule is CNCCN(C)C(=O)c1ccc(-c2nc3ccccc3s2)s1. The Kier molecular flexibility index (Phi) is 4.52. The van der Waals surface area contributed by atoms with Gasteiger partial charge in [-0.05, 0) is 31.3 Å². The molecule has 4 nitrogen and oxygen atoms in total. The van der Waals surface area contributed by atoms with Crippen molar-refractivity contribution in [2.24, 2.45) is 0 Å². The van der Waals surface area contributed by atoms with Crippen LogP contribution in [0.25, 0.3) is 20.1 Å². The molecule has 0 unspecified atom stereocenters. The fourth-order valence-electron chi connectivity index (χ4n) is 2.11. The quantitative estimate of drug-likeness (QED) is 0.780. The van der Waals surface area contributed by atoms with Gasteiger partial charge in [0.2, 0.25) is 0 Å². The summed E-state index contributed by atoms with van der Waals surface area (Å²) in [5.74, 6) is 0.0626. The first-order valence-corrected chi connectivity index (χ1v) is 8.68. The molecule has 3 rings (SSSR count). The Hall–Kier alpha value is -1.76. The minimum absolute atomic E-state index is 0.0626. The number of hydrogen-bond acceptors (Lipinski definition) is 5. The number of nitrogens with zero attached hydrogens (tertiary/aromatic N) is 2. The van der Waals surface area contributed by atoms with Crippen LogP contribution in [0.1, 0.15) is 9.67 Å². The van der Waals surface area contributed by atoms with Crippen LogP contribution in [-0.4, -0.2) is 43.0 Å². The van der Waals surface area contributed by atoms with Gasteiger partial charge in [-0.15, -0.1) is 22.7 Å². The summed E-state index contributed by atoms with van der Waals surface area (Å²) in [4.78, 5) is 20.5. The van der Waals surface area contributed by atoms with Crippen LogP contribution in [0.2, 0.25) is 0 Å². The molecule has 0 aliphatic rings. The number of carbonyl (C=O) groups is 1. The third kappa shape index (κ3) is 3.04. The molecule has 2 aromatic heterocycles. The first kappa shape index (κ1) is 15.1. The Morgan fingerprint density at radius 2 is 2.05 bits per heavy atom. The first-order chi connectivity index (χ1) is 10.7. The van der Waals surface area contributed by atoms with Crippen LogP contribution in [0, 0.1) is 0 Å². The molecule has 0 saturated heterocycles. The van der Waals surface area contributed by atoms with Crippen molar-refractivity contribution in [1.29, 1.82) is 0 Å². The molecule has 1 N–H and O–H groups in total. The van der Waals surface area contributed by atoms with E-state index in [2.05, 4.69) is 16.4 Å². The van der Waals surface area contributed by atoms with E-state index in [4.69, 9.17) is 0 Å². The van der Waals surface area contributed by atoms with Crippen molar-refractivity contribution in [3.63, 3.8) is 0 Å². The molecule has 0 radical (unpaired) electrons. The molecule has 2 heterocycles. The fraction of sp³-hybridized carbons (Fsp3) is 0.250. The zero-order valence-electron chi connectivity index (χ0n) is 12.5. The van der Waals surface area contributed by atoms with E-state index >= 15 is 0 Å². The van der Waals surface area contributed by atoms with E-state index in [-0.39, 0.29) is 5.91 Å². The number of benzene rings is 1. The van der Waals surface area contributed by atoms with Gasteiger partial charge < -0.3 is 10.2 Å². The third-order valence-electron chi connectivity index (χ3n) is 3.37. The van der Waals surface area contributed by atoms with Crippen molar-refractivity contribution in [1.82, 2.24) is 15.2 Å². The van der Waals surface area contributed by atoms with Crippen molar-refractivity contribution >= 4 is 38.8 Å². The number of carbonyl (C=O) groups excluding carboxylic acids is 1. The molecular formula is C16H17N3OS2. The molecule has 3 aromatic rings. The molecule has 22 heavy (non-hydrogen) atoms. The summed E-state index contributed by atoms with van der Waals surface area (Å²) in [6.07, 6.45) is 0. The van der Waals surface area contributed by atoms with E-state index in [1.165, 1.54) is 16.0 Å². The Morgan fingerprint density at radius 1 is 1.23 bits per heavy atom. The van der Waals surface area contributed by atoms with Gasteiger partial charge in [0.05, 0.1) is 20.0 Å². The monoisotopic (exact) mass is 331 g/mol. The highest BCUT2D eigenvalue weighted by Gasteiger charge is 2.16. The van der Waals surface area contributed by atoms with E-state index in [0.717, 1.165) is 26.8 Å². The molecule has 0 saturated carbocycles. The first-order valence-electron chi connectivity index (χ1n) is 7.05. The minimum atomic E-state index is 0.0626. The summed E-state index contributed by atoms with van der Waals surface area (Å²) in [5.41, 5.74) is 1.01. The van der Waals surface area contributed by atoms with Gasteiger partial charge in [-0.1, -0.05) is 12.1 Å². The minimum Gasteiger partial charge on any atom is -0.340 e. The second kappa shape index (κ2) is 6.56. The number of para-hydroxylation sites is 1. The summed E-state index contributed by atoms with van der Waals surface area (Å²) < 4.78 is 1.17. The van der Waals surface area contributed by atoms with Gasteiger partial charge >= 0.3 is 0 Å². The predicted molar refractivity (Wildman–Crippen MR) is 93.8 cm³/mol. The predicted octanol–water partition coefficient (Wildman–Crippen LogP) is 3.32. The average Bonchev–Trinajstić information content (AvgIpc) is 3.17. The number of thiazole rings is 1. The number of hydrogen-bond donors (Lipinski definition) is 1. The summed E-state index contributed by atoms with van der Waals surface area (Å²) in [7, 11) is 3.71. The Balaban J connectivity index is 1.82. The van der Waals surface area contributed by atoms with E-state index in [1.807, 2.05) is 44.4 Å². The summed E-state index contributed by atoms with van der Waals surface area (Å²) in [6, 6.07) is 12.0. The topological polar surface area (TPSA) is 45.2 Å². The number of fused-ring (bicyclic) bond motifs is 1. The van der Waals surface area contributed by atoms with Crippen molar-refractivity contribution < 1.29 is 4.79 Å². The van der Waals surface area contributed by atoms with Crippen molar-refractivity contribution in [3.05, 3.63) is 41.3 Å². The zero-order valence-corrected chi connectivity index (χ0v) is 14.1. The third-order valence-corrected chi connectivity index (χ3v) is 5.64. The Bertz CT molecular complexity index is 760. The maximum Gasteiger partial charge on any atom is 0.263 e. The second-order valence-corrected chi connectivity index (χ2v) is 7.10. The lowest BCUT2D eigenvalue weighted by Gasteiger charge is -2.15. The molecule has 0 fully saturated rings. The highest BCUT2D eigenvalue weighted by molar-refractivity contribution is 7.26. The van der Waals surface area contributed by atoms with Crippen LogP contribution < -0.4 is 5.32 Å². The van der Waals surface area contributed by atoms with Gasteiger partial charge in [-0.3, -0.25) is 4.79 Å². The van der Waals surface area contributed by atoms with Gasteiger partial charge in [0.1, 0.15) is 5.01 Å².